The molecule has 0 aliphatic heterocycles. The van der Waals surface area contributed by atoms with Gasteiger partial charge in [-0.1, -0.05) is 18.2 Å². The van der Waals surface area contributed by atoms with Crippen LogP contribution in [0, 0.1) is 5.82 Å². The molecular weight excluding hydrogens is 285 g/mol. The van der Waals surface area contributed by atoms with E-state index < -0.39 is 11.7 Å². The highest BCUT2D eigenvalue weighted by molar-refractivity contribution is 6.02. The number of phenols is 1. The van der Waals surface area contributed by atoms with Crippen molar-refractivity contribution in [1.29, 1.82) is 0 Å². The number of hydrogen-bond acceptors (Lipinski definition) is 3. The largest absolute Gasteiger partial charge is 0.508 e. The molecule has 1 aromatic heterocycles. The number of furan rings is 1. The summed E-state index contributed by atoms with van der Waals surface area (Å²) in [7, 11) is 0. The van der Waals surface area contributed by atoms with Gasteiger partial charge in [0.05, 0.1) is 0 Å². The third-order valence-electron chi connectivity index (χ3n) is 3.04. The molecule has 2 N–H and O–H groups in total. The Bertz CT molecular complexity index is 826. The molecule has 1 heterocycles. The van der Waals surface area contributed by atoms with Crippen molar-refractivity contribution in [3.05, 3.63) is 72.2 Å². The number of rotatable bonds is 3. The van der Waals surface area contributed by atoms with Gasteiger partial charge in [-0.2, -0.15) is 0 Å². The number of aromatic hydroxyl groups is 1. The van der Waals surface area contributed by atoms with E-state index in [-0.39, 0.29) is 11.5 Å². The molecule has 3 aromatic rings. The van der Waals surface area contributed by atoms with E-state index in [1.54, 1.807) is 30.3 Å². The van der Waals surface area contributed by atoms with Gasteiger partial charge in [0.15, 0.2) is 5.76 Å². The summed E-state index contributed by atoms with van der Waals surface area (Å²) in [4.78, 5) is 12.1. The fourth-order valence-electron chi connectivity index (χ4n) is 2.03. The third kappa shape index (κ3) is 2.98. The van der Waals surface area contributed by atoms with Crippen LogP contribution in [0.3, 0.4) is 0 Å². The first kappa shape index (κ1) is 13.9. The summed E-state index contributed by atoms with van der Waals surface area (Å²) in [5.74, 6) is -0.239. The number of carbonyl (C=O) groups is 1. The van der Waals surface area contributed by atoms with Crippen LogP contribution >= 0.6 is 0 Å². The van der Waals surface area contributed by atoms with Crippen molar-refractivity contribution in [2.24, 2.45) is 0 Å². The quantitative estimate of drug-likeness (QED) is 0.766. The van der Waals surface area contributed by atoms with E-state index >= 15 is 0 Å². The molecule has 0 radical (unpaired) electrons. The molecule has 0 spiro atoms. The Kier molecular flexibility index (Phi) is 3.62. The van der Waals surface area contributed by atoms with Crippen LogP contribution in [0.25, 0.3) is 11.3 Å². The summed E-state index contributed by atoms with van der Waals surface area (Å²) in [6.45, 7) is 0. The van der Waals surface area contributed by atoms with Crippen LogP contribution < -0.4 is 5.32 Å². The Morgan fingerprint density at radius 3 is 2.64 bits per heavy atom. The first-order chi connectivity index (χ1) is 10.6. The van der Waals surface area contributed by atoms with Crippen molar-refractivity contribution >= 4 is 11.6 Å². The molecule has 110 valence electrons. The number of hydrogen-bond donors (Lipinski definition) is 2. The Labute approximate surface area is 125 Å². The first-order valence-electron chi connectivity index (χ1n) is 6.58. The van der Waals surface area contributed by atoms with Gasteiger partial charge in [-0.3, -0.25) is 4.79 Å². The molecule has 2 aromatic carbocycles. The molecule has 0 aliphatic rings. The maximum atomic E-state index is 13.1. The van der Waals surface area contributed by atoms with E-state index in [1.165, 1.54) is 30.3 Å². The normalized spacial score (nSPS) is 10.4. The van der Waals surface area contributed by atoms with Gasteiger partial charge in [0.25, 0.3) is 5.91 Å². The van der Waals surface area contributed by atoms with Crippen LogP contribution in [0.4, 0.5) is 10.1 Å². The van der Waals surface area contributed by atoms with Gasteiger partial charge in [0.2, 0.25) is 0 Å². The summed E-state index contributed by atoms with van der Waals surface area (Å²) < 4.78 is 18.6. The van der Waals surface area contributed by atoms with Gasteiger partial charge in [0.1, 0.15) is 17.3 Å². The van der Waals surface area contributed by atoms with Crippen molar-refractivity contribution in [2.75, 3.05) is 5.32 Å². The van der Waals surface area contributed by atoms with Gasteiger partial charge in [-0.15, -0.1) is 0 Å². The predicted molar refractivity (Wildman–Crippen MR) is 80.2 cm³/mol. The topological polar surface area (TPSA) is 62.5 Å². The highest BCUT2D eigenvalue weighted by Crippen LogP contribution is 2.25. The molecular formula is C17H12FNO3. The van der Waals surface area contributed by atoms with Crippen molar-refractivity contribution in [3.8, 4) is 17.1 Å². The number of carbonyl (C=O) groups excluding carboxylic acids is 1. The van der Waals surface area contributed by atoms with Gasteiger partial charge < -0.3 is 14.8 Å². The lowest BCUT2D eigenvalue weighted by molar-refractivity contribution is 0.0997. The molecule has 0 atom stereocenters. The van der Waals surface area contributed by atoms with E-state index in [0.29, 0.717) is 17.0 Å². The number of halogens is 1. The number of amides is 1. The minimum Gasteiger partial charge on any atom is -0.508 e. The average Bonchev–Trinajstić information content (AvgIpc) is 2.97. The molecule has 4 nitrogen and oxygen atoms in total. The van der Waals surface area contributed by atoms with Crippen molar-refractivity contribution in [1.82, 2.24) is 0 Å². The molecule has 0 fully saturated rings. The molecule has 0 aliphatic carbocycles. The summed E-state index contributed by atoms with van der Waals surface area (Å²) >= 11 is 0. The zero-order valence-electron chi connectivity index (χ0n) is 11.4. The van der Waals surface area contributed by atoms with Gasteiger partial charge in [-0.05, 0) is 42.5 Å². The second-order valence-corrected chi connectivity index (χ2v) is 4.68. The lowest BCUT2D eigenvalue weighted by Gasteiger charge is -2.03. The summed E-state index contributed by atoms with van der Waals surface area (Å²) in [6.07, 6.45) is 0. The highest BCUT2D eigenvalue weighted by atomic mass is 19.1. The Hall–Kier alpha value is -3.08. The molecule has 0 unspecified atom stereocenters. The van der Waals surface area contributed by atoms with Crippen LogP contribution in [-0.4, -0.2) is 11.0 Å². The number of benzene rings is 2. The maximum absolute atomic E-state index is 13.1. The molecule has 0 saturated heterocycles. The lowest BCUT2D eigenvalue weighted by atomic mass is 10.2. The highest BCUT2D eigenvalue weighted by Gasteiger charge is 2.13. The molecule has 22 heavy (non-hydrogen) atoms. The summed E-state index contributed by atoms with van der Waals surface area (Å²) in [5, 5.41) is 12.0. The fourth-order valence-corrected chi connectivity index (χ4v) is 2.03. The zero-order chi connectivity index (χ0) is 15.5. The lowest BCUT2D eigenvalue weighted by Crippen LogP contribution is -2.10. The van der Waals surface area contributed by atoms with E-state index in [4.69, 9.17) is 4.42 Å². The Morgan fingerprint density at radius 1 is 1.05 bits per heavy atom. The molecule has 5 heteroatoms. The van der Waals surface area contributed by atoms with E-state index in [0.717, 1.165) is 0 Å². The van der Waals surface area contributed by atoms with Crippen LogP contribution in [0.5, 0.6) is 5.75 Å². The number of phenolic OH excluding ortho intramolecular Hbond substituents is 1. The zero-order valence-corrected chi connectivity index (χ0v) is 11.4. The van der Waals surface area contributed by atoms with E-state index in [1.807, 2.05) is 0 Å². The van der Waals surface area contributed by atoms with Crippen LogP contribution in [0.15, 0.2) is 65.1 Å². The van der Waals surface area contributed by atoms with E-state index in [9.17, 15) is 14.3 Å². The second-order valence-electron chi connectivity index (χ2n) is 4.68. The minimum absolute atomic E-state index is 0.0996. The Morgan fingerprint density at radius 2 is 1.86 bits per heavy atom. The minimum atomic E-state index is -0.475. The van der Waals surface area contributed by atoms with Crippen LogP contribution in [-0.2, 0) is 0 Å². The van der Waals surface area contributed by atoms with Gasteiger partial charge in [-0.25, -0.2) is 4.39 Å². The maximum Gasteiger partial charge on any atom is 0.291 e. The smallest absolute Gasteiger partial charge is 0.291 e. The van der Waals surface area contributed by atoms with Crippen LogP contribution in [0.2, 0.25) is 0 Å². The number of nitrogens with one attached hydrogen (secondary N) is 1. The molecule has 0 bridgehead atoms. The monoisotopic (exact) mass is 297 g/mol. The van der Waals surface area contributed by atoms with Crippen LogP contribution in [0.1, 0.15) is 10.6 Å². The molecule has 0 saturated carbocycles. The standard InChI is InChI=1S/C17H12FNO3/c18-12-4-2-5-13(10-12)19-17(21)16-8-7-15(22-16)11-3-1-6-14(20)9-11/h1-10,20H,(H,19,21). The average molecular weight is 297 g/mol. The third-order valence-corrected chi connectivity index (χ3v) is 3.04. The summed E-state index contributed by atoms with van der Waals surface area (Å²) in [5.41, 5.74) is 1.00. The molecule has 3 rings (SSSR count). The predicted octanol–water partition coefficient (Wildman–Crippen LogP) is 4.04. The van der Waals surface area contributed by atoms with Crippen molar-refractivity contribution < 1.29 is 18.7 Å². The molecule has 1 amide bonds. The van der Waals surface area contributed by atoms with Gasteiger partial charge >= 0.3 is 0 Å². The first-order valence-corrected chi connectivity index (χ1v) is 6.58. The van der Waals surface area contributed by atoms with Crippen molar-refractivity contribution in [2.45, 2.75) is 0 Å². The number of anilines is 1. The SMILES string of the molecule is O=C(Nc1cccc(F)c1)c1ccc(-c2cccc(O)c2)o1. The van der Waals surface area contributed by atoms with Gasteiger partial charge in [0, 0.05) is 11.3 Å². The van der Waals surface area contributed by atoms with Crippen molar-refractivity contribution in [3.63, 3.8) is 0 Å². The second kappa shape index (κ2) is 5.73. The van der Waals surface area contributed by atoms with E-state index in [2.05, 4.69) is 5.32 Å². The Balaban J connectivity index is 1.80. The fraction of sp³-hybridized carbons (Fsp3) is 0. The summed E-state index contributed by atoms with van der Waals surface area (Å²) in [6, 6.07) is 15.3.